The first-order valence-electron chi connectivity index (χ1n) is 7.26. The van der Waals surface area contributed by atoms with Gasteiger partial charge in [-0.3, -0.25) is 0 Å². The van der Waals surface area contributed by atoms with Crippen LogP contribution in [0.1, 0.15) is 37.9 Å². The van der Waals surface area contributed by atoms with Gasteiger partial charge in [0.1, 0.15) is 0 Å². The molecule has 2 aromatic rings. The Morgan fingerprint density at radius 3 is 2.19 bits per heavy atom. The fourth-order valence-electron chi connectivity index (χ4n) is 2.34. The van der Waals surface area contributed by atoms with E-state index in [9.17, 15) is 0 Å². The second-order valence-electron chi connectivity index (χ2n) is 5.83. The molecule has 3 heteroatoms. The molecular weight excluding hydrogens is 390 g/mol. The molecule has 2 rings (SSSR count). The Kier molecular flexibility index (Phi) is 5.88. The number of anilines is 1. The van der Waals surface area contributed by atoms with Crippen LogP contribution in [-0.2, 0) is 6.42 Å². The van der Waals surface area contributed by atoms with Crippen molar-refractivity contribution in [3.63, 3.8) is 0 Å². The summed E-state index contributed by atoms with van der Waals surface area (Å²) in [5, 5.41) is 3.55. The predicted octanol–water partition coefficient (Wildman–Crippen LogP) is 6.58. The van der Waals surface area contributed by atoms with E-state index in [1.807, 2.05) is 6.07 Å². The zero-order valence-corrected chi connectivity index (χ0v) is 15.8. The van der Waals surface area contributed by atoms with E-state index in [4.69, 9.17) is 0 Å². The van der Waals surface area contributed by atoms with E-state index in [1.54, 1.807) is 0 Å². The lowest BCUT2D eigenvalue weighted by Gasteiger charge is -2.17. The number of hydrogen-bond donors (Lipinski definition) is 1. The average Bonchev–Trinajstić information content (AvgIpc) is 2.42. The van der Waals surface area contributed by atoms with Crippen LogP contribution in [0.25, 0.3) is 0 Å². The summed E-state index contributed by atoms with van der Waals surface area (Å²) in [6, 6.07) is 15.4. The summed E-state index contributed by atoms with van der Waals surface area (Å²) in [5.41, 5.74) is 3.82. The quantitative estimate of drug-likeness (QED) is 0.586. The summed E-state index contributed by atoms with van der Waals surface area (Å²) in [7, 11) is 0. The van der Waals surface area contributed by atoms with Gasteiger partial charge in [-0.15, -0.1) is 0 Å². The SMILES string of the molecule is CC(C)Cc1ccc(C(C)Nc2ccc(Br)cc2Br)cc1. The molecule has 0 radical (unpaired) electrons. The molecule has 1 nitrogen and oxygen atoms in total. The van der Waals surface area contributed by atoms with Gasteiger partial charge in [0, 0.05) is 20.7 Å². The molecule has 0 saturated heterocycles. The molecule has 1 atom stereocenters. The first-order chi connectivity index (χ1) is 9.95. The van der Waals surface area contributed by atoms with Crippen molar-refractivity contribution in [2.24, 2.45) is 5.92 Å². The number of nitrogens with one attached hydrogen (secondary N) is 1. The lowest BCUT2D eigenvalue weighted by Crippen LogP contribution is -2.07. The van der Waals surface area contributed by atoms with Crippen molar-refractivity contribution < 1.29 is 0 Å². The van der Waals surface area contributed by atoms with Crippen molar-refractivity contribution in [2.45, 2.75) is 33.2 Å². The highest BCUT2D eigenvalue weighted by Crippen LogP contribution is 2.29. The van der Waals surface area contributed by atoms with Gasteiger partial charge in [0.15, 0.2) is 0 Å². The highest BCUT2D eigenvalue weighted by molar-refractivity contribution is 9.11. The van der Waals surface area contributed by atoms with Crippen LogP contribution in [0.5, 0.6) is 0 Å². The maximum Gasteiger partial charge on any atom is 0.0490 e. The number of halogens is 2. The molecule has 21 heavy (non-hydrogen) atoms. The lowest BCUT2D eigenvalue weighted by atomic mass is 10.00. The monoisotopic (exact) mass is 409 g/mol. The molecular formula is C18H21Br2N. The number of rotatable bonds is 5. The Hall–Kier alpha value is -0.800. The molecule has 0 saturated carbocycles. The second-order valence-corrected chi connectivity index (χ2v) is 7.60. The summed E-state index contributed by atoms with van der Waals surface area (Å²) in [6.07, 6.45) is 1.14. The number of benzene rings is 2. The van der Waals surface area contributed by atoms with Gasteiger partial charge in [-0.2, -0.15) is 0 Å². The van der Waals surface area contributed by atoms with E-state index in [0.29, 0.717) is 5.92 Å². The van der Waals surface area contributed by atoms with Gasteiger partial charge in [0.2, 0.25) is 0 Å². The zero-order valence-electron chi connectivity index (χ0n) is 12.7. The summed E-state index contributed by atoms with van der Waals surface area (Å²) in [6.45, 7) is 6.69. The van der Waals surface area contributed by atoms with E-state index >= 15 is 0 Å². The van der Waals surface area contributed by atoms with Crippen molar-refractivity contribution in [2.75, 3.05) is 5.32 Å². The van der Waals surface area contributed by atoms with E-state index in [-0.39, 0.29) is 6.04 Å². The van der Waals surface area contributed by atoms with Crippen LogP contribution in [0.3, 0.4) is 0 Å². The van der Waals surface area contributed by atoms with Gasteiger partial charge in [-0.05, 0) is 64.5 Å². The minimum Gasteiger partial charge on any atom is -0.378 e. The highest BCUT2D eigenvalue weighted by atomic mass is 79.9. The summed E-state index contributed by atoms with van der Waals surface area (Å²) < 4.78 is 2.14. The van der Waals surface area contributed by atoms with Gasteiger partial charge in [0.25, 0.3) is 0 Å². The minimum absolute atomic E-state index is 0.274. The Balaban J connectivity index is 2.07. The molecule has 0 bridgehead atoms. The van der Waals surface area contributed by atoms with Crippen molar-refractivity contribution >= 4 is 37.5 Å². The highest BCUT2D eigenvalue weighted by Gasteiger charge is 2.08. The van der Waals surface area contributed by atoms with Crippen LogP contribution in [-0.4, -0.2) is 0 Å². The molecule has 0 heterocycles. The Labute approximate surface area is 144 Å². The Bertz CT molecular complexity index is 591. The third-order valence-electron chi connectivity index (χ3n) is 3.43. The minimum atomic E-state index is 0.274. The number of hydrogen-bond acceptors (Lipinski definition) is 1. The first kappa shape index (κ1) is 16.6. The third kappa shape index (κ3) is 4.86. The van der Waals surface area contributed by atoms with E-state index in [1.165, 1.54) is 11.1 Å². The smallest absolute Gasteiger partial charge is 0.0490 e. The summed E-state index contributed by atoms with van der Waals surface area (Å²) in [5.74, 6) is 0.699. The molecule has 1 unspecified atom stereocenters. The van der Waals surface area contributed by atoms with Crippen molar-refractivity contribution in [3.8, 4) is 0 Å². The third-order valence-corrected chi connectivity index (χ3v) is 4.58. The zero-order chi connectivity index (χ0) is 15.4. The molecule has 0 spiro atoms. The molecule has 0 fully saturated rings. The Morgan fingerprint density at radius 2 is 1.62 bits per heavy atom. The molecule has 1 N–H and O–H groups in total. The van der Waals surface area contributed by atoms with Gasteiger partial charge >= 0.3 is 0 Å². The second kappa shape index (κ2) is 7.46. The van der Waals surface area contributed by atoms with Crippen molar-refractivity contribution in [1.82, 2.24) is 0 Å². The molecule has 2 aromatic carbocycles. The van der Waals surface area contributed by atoms with Crippen molar-refractivity contribution in [3.05, 3.63) is 62.5 Å². The molecule has 0 aliphatic carbocycles. The lowest BCUT2D eigenvalue weighted by molar-refractivity contribution is 0.647. The standard InChI is InChI=1S/C18H21Br2N/c1-12(2)10-14-4-6-15(7-5-14)13(3)21-18-9-8-16(19)11-17(18)20/h4-9,11-13,21H,10H2,1-3H3. The topological polar surface area (TPSA) is 12.0 Å². The molecule has 0 aromatic heterocycles. The largest absolute Gasteiger partial charge is 0.378 e. The van der Waals surface area contributed by atoms with Gasteiger partial charge < -0.3 is 5.32 Å². The van der Waals surface area contributed by atoms with Crippen molar-refractivity contribution in [1.29, 1.82) is 0 Å². The van der Waals surface area contributed by atoms with Gasteiger partial charge in [0.05, 0.1) is 0 Å². The van der Waals surface area contributed by atoms with Crippen LogP contribution >= 0.6 is 31.9 Å². The average molecular weight is 411 g/mol. The molecule has 0 aliphatic rings. The summed E-state index contributed by atoms with van der Waals surface area (Å²) >= 11 is 7.07. The van der Waals surface area contributed by atoms with Crippen LogP contribution < -0.4 is 5.32 Å². The maximum atomic E-state index is 3.59. The molecule has 112 valence electrons. The van der Waals surface area contributed by atoms with Gasteiger partial charge in [-0.1, -0.05) is 54.0 Å². The summed E-state index contributed by atoms with van der Waals surface area (Å²) in [4.78, 5) is 0. The van der Waals surface area contributed by atoms with Crippen LogP contribution in [0.15, 0.2) is 51.4 Å². The maximum absolute atomic E-state index is 3.59. The fourth-order valence-corrected chi connectivity index (χ4v) is 3.50. The van der Waals surface area contributed by atoms with Crippen LogP contribution in [0.2, 0.25) is 0 Å². The normalized spacial score (nSPS) is 12.5. The van der Waals surface area contributed by atoms with Crippen LogP contribution in [0, 0.1) is 5.92 Å². The Morgan fingerprint density at radius 1 is 0.952 bits per heavy atom. The van der Waals surface area contributed by atoms with Crippen LogP contribution in [0.4, 0.5) is 5.69 Å². The van der Waals surface area contributed by atoms with Gasteiger partial charge in [-0.25, -0.2) is 0 Å². The fraction of sp³-hybridized carbons (Fsp3) is 0.333. The van der Waals surface area contributed by atoms with E-state index in [2.05, 4.69) is 94.3 Å². The molecule has 0 amide bonds. The first-order valence-corrected chi connectivity index (χ1v) is 8.84. The molecule has 0 aliphatic heterocycles. The predicted molar refractivity (Wildman–Crippen MR) is 98.9 cm³/mol. The van der Waals surface area contributed by atoms with E-state index < -0.39 is 0 Å². The van der Waals surface area contributed by atoms with E-state index in [0.717, 1.165) is 21.1 Å².